The maximum Gasteiger partial charge on any atom is 0.130 e. The molecular weight excluding hydrogens is 234 g/mol. The summed E-state index contributed by atoms with van der Waals surface area (Å²) in [6.07, 6.45) is 0.788. The molecule has 1 aromatic rings. The molecule has 1 fully saturated rings. The van der Waals surface area contributed by atoms with Crippen molar-refractivity contribution in [1.29, 1.82) is 5.26 Å². The normalized spacial score (nSPS) is 28.4. The van der Waals surface area contributed by atoms with Crippen molar-refractivity contribution in [3.8, 4) is 6.07 Å². The van der Waals surface area contributed by atoms with Crippen LogP contribution < -0.4 is 10.6 Å². The standard InChI is InChI=1S/C13H16ClN3/c1-10-8-16-7-6-13(10,9-15)17-12-5-3-2-4-11(12)14/h2-5,10,16-17H,6-8H2,1H3. The van der Waals surface area contributed by atoms with E-state index in [1.165, 1.54) is 0 Å². The van der Waals surface area contributed by atoms with Crippen molar-refractivity contribution >= 4 is 17.3 Å². The van der Waals surface area contributed by atoms with E-state index in [9.17, 15) is 5.26 Å². The Bertz CT molecular complexity index is 441. The Balaban J connectivity index is 2.26. The lowest BCUT2D eigenvalue weighted by atomic mass is 9.80. The number of anilines is 1. The molecule has 2 unspecified atom stereocenters. The number of hydrogen-bond donors (Lipinski definition) is 2. The van der Waals surface area contributed by atoms with E-state index in [4.69, 9.17) is 11.6 Å². The minimum atomic E-state index is -0.518. The molecule has 0 spiro atoms. The molecule has 1 saturated heterocycles. The molecule has 4 heteroatoms. The van der Waals surface area contributed by atoms with Crippen molar-refractivity contribution < 1.29 is 0 Å². The molecule has 17 heavy (non-hydrogen) atoms. The number of nitriles is 1. The minimum Gasteiger partial charge on any atom is -0.366 e. The molecule has 0 aromatic heterocycles. The molecule has 2 atom stereocenters. The molecule has 0 saturated carbocycles. The van der Waals surface area contributed by atoms with Crippen molar-refractivity contribution in [2.45, 2.75) is 18.9 Å². The van der Waals surface area contributed by atoms with Crippen molar-refractivity contribution in [2.24, 2.45) is 5.92 Å². The summed E-state index contributed by atoms with van der Waals surface area (Å²) in [5.74, 6) is 0.248. The highest BCUT2D eigenvalue weighted by Gasteiger charge is 2.38. The van der Waals surface area contributed by atoms with Gasteiger partial charge in [0.15, 0.2) is 0 Å². The van der Waals surface area contributed by atoms with Gasteiger partial charge in [0.05, 0.1) is 16.8 Å². The molecule has 1 aromatic carbocycles. The second kappa shape index (κ2) is 4.95. The van der Waals surface area contributed by atoms with Gasteiger partial charge in [0, 0.05) is 12.5 Å². The van der Waals surface area contributed by atoms with Gasteiger partial charge >= 0.3 is 0 Å². The third kappa shape index (κ3) is 2.38. The Hall–Kier alpha value is -1.24. The highest BCUT2D eigenvalue weighted by molar-refractivity contribution is 6.33. The Morgan fingerprint density at radius 2 is 2.29 bits per heavy atom. The number of benzene rings is 1. The maximum atomic E-state index is 9.48. The lowest BCUT2D eigenvalue weighted by Crippen LogP contribution is -2.53. The first-order chi connectivity index (χ1) is 8.18. The van der Waals surface area contributed by atoms with Gasteiger partial charge in [-0.25, -0.2) is 0 Å². The van der Waals surface area contributed by atoms with Crippen LogP contribution in [0, 0.1) is 17.2 Å². The second-order valence-electron chi connectivity index (χ2n) is 4.54. The molecule has 2 rings (SSSR count). The van der Waals surface area contributed by atoms with E-state index in [0.717, 1.165) is 25.2 Å². The number of halogens is 1. The number of piperidine rings is 1. The second-order valence-corrected chi connectivity index (χ2v) is 4.95. The van der Waals surface area contributed by atoms with Gasteiger partial charge in [-0.3, -0.25) is 0 Å². The van der Waals surface area contributed by atoms with Gasteiger partial charge in [-0.2, -0.15) is 5.26 Å². The Morgan fingerprint density at radius 1 is 1.53 bits per heavy atom. The molecule has 2 N–H and O–H groups in total. The number of hydrogen-bond acceptors (Lipinski definition) is 3. The van der Waals surface area contributed by atoms with E-state index >= 15 is 0 Å². The van der Waals surface area contributed by atoms with E-state index in [1.807, 2.05) is 24.3 Å². The van der Waals surface area contributed by atoms with Gasteiger partial charge in [-0.1, -0.05) is 30.7 Å². The van der Waals surface area contributed by atoms with E-state index < -0.39 is 5.54 Å². The first-order valence-electron chi connectivity index (χ1n) is 5.82. The van der Waals surface area contributed by atoms with Crippen LogP contribution in [0.3, 0.4) is 0 Å². The van der Waals surface area contributed by atoms with Crippen LogP contribution in [0.1, 0.15) is 13.3 Å². The van der Waals surface area contributed by atoms with Gasteiger partial charge in [0.25, 0.3) is 0 Å². The molecule has 0 bridgehead atoms. The average Bonchev–Trinajstić information content (AvgIpc) is 2.35. The molecule has 0 amide bonds. The zero-order valence-corrected chi connectivity index (χ0v) is 10.6. The predicted molar refractivity (Wildman–Crippen MR) is 70.1 cm³/mol. The monoisotopic (exact) mass is 249 g/mol. The summed E-state index contributed by atoms with van der Waals surface area (Å²) in [5, 5.41) is 16.8. The third-order valence-electron chi connectivity index (χ3n) is 3.42. The molecule has 90 valence electrons. The van der Waals surface area contributed by atoms with E-state index in [1.54, 1.807) is 0 Å². The average molecular weight is 250 g/mol. The van der Waals surface area contributed by atoms with E-state index in [-0.39, 0.29) is 5.92 Å². The summed E-state index contributed by atoms with van der Waals surface area (Å²) in [6.45, 7) is 3.79. The molecule has 1 heterocycles. The number of rotatable bonds is 2. The first-order valence-corrected chi connectivity index (χ1v) is 6.20. The Kier molecular flexibility index (Phi) is 3.56. The highest BCUT2D eigenvalue weighted by atomic mass is 35.5. The number of nitrogens with one attached hydrogen (secondary N) is 2. The quantitative estimate of drug-likeness (QED) is 0.847. The van der Waals surface area contributed by atoms with E-state index in [0.29, 0.717) is 5.02 Å². The lowest BCUT2D eigenvalue weighted by molar-refractivity contribution is 0.304. The van der Waals surface area contributed by atoms with Gasteiger partial charge in [-0.15, -0.1) is 0 Å². The molecule has 3 nitrogen and oxygen atoms in total. The molecule has 1 aliphatic heterocycles. The van der Waals surface area contributed by atoms with Gasteiger partial charge in [0.1, 0.15) is 5.54 Å². The van der Waals surface area contributed by atoms with Crippen LogP contribution in [-0.2, 0) is 0 Å². The number of para-hydroxylation sites is 1. The van der Waals surface area contributed by atoms with Crippen LogP contribution in [0.15, 0.2) is 24.3 Å². The zero-order chi connectivity index (χ0) is 12.3. The Labute approximate surface area is 107 Å². The van der Waals surface area contributed by atoms with Gasteiger partial charge in [-0.05, 0) is 25.1 Å². The SMILES string of the molecule is CC1CNCCC1(C#N)Nc1ccccc1Cl. The molecular formula is C13H16ClN3. The van der Waals surface area contributed by atoms with Crippen molar-refractivity contribution in [3.63, 3.8) is 0 Å². The molecule has 1 aliphatic rings. The lowest BCUT2D eigenvalue weighted by Gasteiger charge is -2.38. The summed E-state index contributed by atoms with van der Waals surface area (Å²) in [6, 6.07) is 9.99. The fourth-order valence-corrected chi connectivity index (χ4v) is 2.39. The number of nitrogens with zero attached hydrogens (tertiary/aromatic N) is 1. The van der Waals surface area contributed by atoms with Crippen molar-refractivity contribution in [3.05, 3.63) is 29.3 Å². The Morgan fingerprint density at radius 3 is 2.94 bits per heavy atom. The van der Waals surface area contributed by atoms with E-state index in [2.05, 4.69) is 23.6 Å². The zero-order valence-electron chi connectivity index (χ0n) is 9.83. The summed E-state index contributed by atoms with van der Waals surface area (Å²) in [7, 11) is 0. The van der Waals surface area contributed by atoms with Crippen LogP contribution in [0.4, 0.5) is 5.69 Å². The van der Waals surface area contributed by atoms with Crippen LogP contribution in [0.25, 0.3) is 0 Å². The topological polar surface area (TPSA) is 47.9 Å². The van der Waals surface area contributed by atoms with Crippen molar-refractivity contribution in [1.82, 2.24) is 5.32 Å². The largest absolute Gasteiger partial charge is 0.366 e. The van der Waals surface area contributed by atoms with Gasteiger partial charge in [0.2, 0.25) is 0 Å². The summed E-state index contributed by atoms with van der Waals surface area (Å²) >= 11 is 6.12. The van der Waals surface area contributed by atoms with Gasteiger partial charge < -0.3 is 10.6 Å². The molecule has 0 aliphatic carbocycles. The summed E-state index contributed by atoms with van der Waals surface area (Å²) < 4.78 is 0. The predicted octanol–water partition coefficient (Wildman–Crippen LogP) is 2.64. The van der Waals surface area contributed by atoms with Crippen molar-refractivity contribution in [2.75, 3.05) is 18.4 Å². The fraction of sp³-hybridized carbons (Fsp3) is 0.462. The van der Waals surface area contributed by atoms with Crippen LogP contribution >= 0.6 is 11.6 Å². The molecule has 0 radical (unpaired) electrons. The fourth-order valence-electron chi connectivity index (χ4n) is 2.21. The summed E-state index contributed by atoms with van der Waals surface area (Å²) in [4.78, 5) is 0. The summed E-state index contributed by atoms with van der Waals surface area (Å²) in [5.41, 5.74) is 0.320. The maximum absolute atomic E-state index is 9.48. The first kappa shape index (κ1) is 12.2. The minimum absolute atomic E-state index is 0.248. The highest BCUT2D eigenvalue weighted by Crippen LogP contribution is 2.31. The van der Waals surface area contributed by atoms with Crippen LogP contribution in [0.5, 0.6) is 0 Å². The third-order valence-corrected chi connectivity index (χ3v) is 3.75. The van der Waals surface area contributed by atoms with Crippen LogP contribution in [-0.4, -0.2) is 18.6 Å². The smallest absolute Gasteiger partial charge is 0.130 e. The van der Waals surface area contributed by atoms with Crippen LogP contribution in [0.2, 0.25) is 5.02 Å².